The molecule has 5 rings (SSSR count). The Kier molecular flexibility index (Phi) is 5.37. The third-order valence-electron chi connectivity index (χ3n) is 6.49. The van der Waals surface area contributed by atoms with Crippen LogP contribution in [-0.4, -0.2) is 30.1 Å². The molecule has 0 unspecified atom stereocenters. The average molecular weight is 495 g/mol. The second-order valence-electron chi connectivity index (χ2n) is 8.54. The van der Waals surface area contributed by atoms with Crippen molar-refractivity contribution in [2.45, 2.75) is 20.0 Å². The predicted molar refractivity (Wildman–Crippen MR) is 123 cm³/mol. The van der Waals surface area contributed by atoms with Crippen molar-refractivity contribution in [1.29, 1.82) is 0 Å². The van der Waals surface area contributed by atoms with Crippen LogP contribution in [0.2, 0.25) is 0 Å². The van der Waals surface area contributed by atoms with E-state index in [1.54, 1.807) is 7.11 Å². The third-order valence-corrected chi connectivity index (χ3v) is 6.95. The van der Waals surface area contributed by atoms with E-state index in [4.69, 9.17) is 9.47 Å². The molecule has 6 nitrogen and oxygen atoms in total. The first kappa shape index (κ1) is 20.9. The number of methoxy groups -OCH3 is 1. The van der Waals surface area contributed by atoms with Gasteiger partial charge in [0.15, 0.2) is 11.5 Å². The van der Waals surface area contributed by atoms with Crippen LogP contribution >= 0.6 is 15.9 Å². The van der Waals surface area contributed by atoms with Crippen molar-refractivity contribution in [3.8, 4) is 11.5 Å². The molecule has 1 saturated carbocycles. The van der Waals surface area contributed by atoms with Gasteiger partial charge in [0.25, 0.3) is 11.8 Å². The molecule has 2 fully saturated rings. The van der Waals surface area contributed by atoms with Crippen molar-refractivity contribution in [1.82, 2.24) is 5.01 Å². The van der Waals surface area contributed by atoms with Gasteiger partial charge in [0.1, 0.15) is 6.61 Å². The van der Waals surface area contributed by atoms with Crippen molar-refractivity contribution < 1.29 is 19.1 Å². The standard InChI is InChI=1S/C25H23BrN2O4/c1-14-4-3-5-15(8-14)13-32-23-18(10-19(26)11-20(23)31-2)12-27-28-24(29)21-16-6-7-17(9-16)22(21)25(28)30/h3-8,10-12,16-17,21-22H,9,13H2,1-2H3/t16-,17-,21-,22+/m0/s1. The highest BCUT2D eigenvalue weighted by Crippen LogP contribution is 2.52. The van der Waals surface area contributed by atoms with Crippen LogP contribution in [0.4, 0.5) is 0 Å². The predicted octanol–water partition coefficient (Wildman–Crippen LogP) is 4.49. The van der Waals surface area contributed by atoms with Crippen LogP contribution < -0.4 is 9.47 Å². The Labute approximate surface area is 195 Å². The van der Waals surface area contributed by atoms with Gasteiger partial charge in [0, 0.05) is 10.0 Å². The molecule has 0 aromatic heterocycles. The highest BCUT2D eigenvalue weighted by atomic mass is 79.9. The van der Waals surface area contributed by atoms with Gasteiger partial charge in [0.05, 0.1) is 25.2 Å². The molecule has 1 aliphatic heterocycles. The maximum Gasteiger partial charge on any atom is 0.254 e. The summed E-state index contributed by atoms with van der Waals surface area (Å²) in [6, 6.07) is 11.7. The summed E-state index contributed by atoms with van der Waals surface area (Å²) in [7, 11) is 1.57. The molecule has 0 radical (unpaired) electrons. The molecular formula is C25H23BrN2O4. The first-order valence-corrected chi connectivity index (χ1v) is 11.4. The van der Waals surface area contributed by atoms with Crippen LogP contribution in [0.25, 0.3) is 0 Å². The Morgan fingerprint density at radius 1 is 1.12 bits per heavy atom. The number of rotatable bonds is 6. The quantitative estimate of drug-likeness (QED) is 0.337. The lowest BCUT2D eigenvalue weighted by Crippen LogP contribution is -2.28. The van der Waals surface area contributed by atoms with Crippen molar-refractivity contribution in [2.75, 3.05) is 7.11 Å². The van der Waals surface area contributed by atoms with E-state index < -0.39 is 0 Å². The Morgan fingerprint density at radius 3 is 2.50 bits per heavy atom. The number of carbonyl (C=O) groups excluding carboxylic acids is 2. The number of halogens is 1. The number of aryl methyl sites for hydroxylation is 1. The van der Waals surface area contributed by atoms with Gasteiger partial charge in [-0.3, -0.25) is 9.59 Å². The van der Waals surface area contributed by atoms with Crippen molar-refractivity contribution in [3.05, 3.63) is 69.7 Å². The maximum atomic E-state index is 12.9. The number of fused-ring (bicyclic) bond motifs is 5. The third kappa shape index (κ3) is 3.54. The van der Waals surface area contributed by atoms with Gasteiger partial charge in [0.2, 0.25) is 0 Å². The summed E-state index contributed by atoms with van der Waals surface area (Å²) in [4.78, 5) is 25.8. The molecule has 4 atom stereocenters. The number of hydrazone groups is 1. The number of nitrogens with zero attached hydrogens (tertiary/aromatic N) is 2. The Hall–Kier alpha value is -2.93. The molecule has 164 valence electrons. The topological polar surface area (TPSA) is 68.2 Å². The largest absolute Gasteiger partial charge is 0.493 e. The fourth-order valence-corrected chi connectivity index (χ4v) is 5.52. The number of imide groups is 1. The molecule has 2 aliphatic carbocycles. The minimum absolute atomic E-state index is 0.154. The highest BCUT2D eigenvalue weighted by Gasteiger charge is 2.59. The van der Waals surface area contributed by atoms with Gasteiger partial charge in [-0.2, -0.15) is 10.1 Å². The van der Waals surface area contributed by atoms with E-state index in [0.29, 0.717) is 23.7 Å². The normalized spacial score (nSPS) is 25.8. The molecule has 7 heteroatoms. The number of amides is 2. The van der Waals surface area contributed by atoms with Crippen LogP contribution in [0.3, 0.4) is 0 Å². The van der Waals surface area contributed by atoms with Gasteiger partial charge in [-0.25, -0.2) is 0 Å². The van der Waals surface area contributed by atoms with Crippen LogP contribution in [-0.2, 0) is 16.2 Å². The lowest BCUT2D eigenvalue weighted by atomic mass is 9.85. The minimum Gasteiger partial charge on any atom is -0.493 e. The fourth-order valence-electron chi connectivity index (χ4n) is 5.07. The molecule has 0 N–H and O–H groups in total. The number of hydrogen-bond donors (Lipinski definition) is 0. The summed E-state index contributed by atoms with van der Waals surface area (Å²) in [5.74, 6) is 0.373. The molecule has 32 heavy (non-hydrogen) atoms. The molecule has 1 heterocycles. The SMILES string of the molecule is COc1cc(Br)cc(C=NN2C(=O)[C@@H]3[C@H](C2=O)[C@H]2C=C[C@H]3C2)c1OCc1cccc(C)c1. The van der Waals surface area contributed by atoms with Crippen LogP contribution in [0.1, 0.15) is 23.1 Å². The van der Waals surface area contributed by atoms with E-state index in [0.717, 1.165) is 27.0 Å². The Bertz CT molecular complexity index is 1130. The lowest BCUT2D eigenvalue weighted by molar-refractivity contribution is -0.140. The van der Waals surface area contributed by atoms with E-state index in [9.17, 15) is 9.59 Å². The zero-order chi connectivity index (χ0) is 22.4. The Balaban J connectivity index is 1.42. The molecule has 2 amide bonds. The van der Waals surface area contributed by atoms with Crippen LogP contribution in [0.5, 0.6) is 11.5 Å². The molecule has 2 bridgehead atoms. The number of allylic oxidation sites excluding steroid dienone is 2. The summed E-state index contributed by atoms with van der Waals surface area (Å²) >= 11 is 3.48. The minimum atomic E-state index is -0.274. The summed E-state index contributed by atoms with van der Waals surface area (Å²) in [6.45, 7) is 2.38. The van der Waals surface area contributed by atoms with Crippen molar-refractivity contribution in [2.24, 2.45) is 28.8 Å². The van der Waals surface area contributed by atoms with Crippen LogP contribution in [0, 0.1) is 30.6 Å². The van der Waals surface area contributed by atoms with E-state index in [2.05, 4.69) is 39.2 Å². The Morgan fingerprint density at radius 2 is 1.84 bits per heavy atom. The summed E-state index contributed by atoms with van der Waals surface area (Å²) < 4.78 is 12.4. The van der Waals surface area contributed by atoms with E-state index >= 15 is 0 Å². The number of carbonyl (C=O) groups is 2. The van der Waals surface area contributed by atoms with Gasteiger partial charge < -0.3 is 9.47 Å². The molecule has 1 saturated heterocycles. The van der Waals surface area contributed by atoms with Gasteiger partial charge in [-0.15, -0.1) is 0 Å². The lowest BCUT2D eigenvalue weighted by Gasteiger charge is -2.15. The van der Waals surface area contributed by atoms with Crippen LogP contribution in [0.15, 0.2) is 58.1 Å². The molecular weight excluding hydrogens is 472 g/mol. The van der Waals surface area contributed by atoms with E-state index in [-0.39, 0.29) is 35.5 Å². The number of ether oxygens (including phenoxy) is 2. The maximum absolute atomic E-state index is 12.9. The second kappa shape index (κ2) is 8.20. The van der Waals surface area contributed by atoms with E-state index in [1.807, 2.05) is 37.3 Å². The van der Waals surface area contributed by atoms with Gasteiger partial charge in [-0.05, 0) is 42.9 Å². The average Bonchev–Trinajstić information content (AvgIpc) is 3.45. The van der Waals surface area contributed by atoms with Crippen molar-refractivity contribution in [3.63, 3.8) is 0 Å². The first-order chi connectivity index (χ1) is 15.5. The van der Waals surface area contributed by atoms with Gasteiger partial charge >= 0.3 is 0 Å². The highest BCUT2D eigenvalue weighted by molar-refractivity contribution is 9.10. The molecule has 2 aromatic carbocycles. The summed E-state index contributed by atoms with van der Waals surface area (Å²) in [6.07, 6.45) is 6.54. The van der Waals surface area contributed by atoms with E-state index in [1.165, 1.54) is 6.21 Å². The first-order valence-electron chi connectivity index (χ1n) is 10.6. The zero-order valence-corrected chi connectivity index (χ0v) is 19.4. The van der Waals surface area contributed by atoms with Crippen molar-refractivity contribution >= 4 is 34.0 Å². The monoisotopic (exact) mass is 494 g/mol. The molecule has 0 spiro atoms. The fraction of sp³-hybridized carbons (Fsp3) is 0.320. The second-order valence-corrected chi connectivity index (χ2v) is 9.45. The zero-order valence-electron chi connectivity index (χ0n) is 17.8. The number of hydrogen-bond acceptors (Lipinski definition) is 5. The summed E-state index contributed by atoms with van der Waals surface area (Å²) in [5, 5.41) is 5.35. The molecule has 3 aliphatic rings. The summed E-state index contributed by atoms with van der Waals surface area (Å²) in [5.41, 5.74) is 2.79. The smallest absolute Gasteiger partial charge is 0.254 e. The van der Waals surface area contributed by atoms with Gasteiger partial charge in [-0.1, -0.05) is 57.9 Å². The number of benzene rings is 2. The molecule has 2 aromatic rings.